The predicted octanol–water partition coefficient (Wildman–Crippen LogP) is 5.13. The molecule has 9 heteroatoms. The summed E-state index contributed by atoms with van der Waals surface area (Å²) >= 11 is 9.50. The molecule has 7 nitrogen and oxygen atoms in total. The highest BCUT2D eigenvalue weighted by atomic mass is 79.9. The molecule has 0 aromatic heterocycles. The van der Waals surface area contributed by atoms with Crippen molar-refractivity contribution in [1.82, 2.24) is 4.90 Å². The van der Waals surface area contributed by atoms with Crippen LogP contribution in [-0.2, 0) is 0 Å². The minimum Gasteiger partial charge on any atom is -0.495 e. The second-order valence-electron chi connectivity index (χ2n) is 7.16. The number of nitro groups is 1. The van der Waals surface area contributed by atoms with Crippen LogP contribution in [0.2, 0.25) is 5.02 Å². The van der Waals surface area contributed by atoms with E-state index in [0.717, 1.165) is 15.2 Å². The van der Waals surface area contributed by atoms with E-state index in [4.69, 9.17) is 16.3 Å². The van der Waals surface area contributed by atoms with Crippen LogP contribution >= 0.6 is 27.5 Å². The van der Waals surface area contributed by atoms with Gasteiger partial charge in [-0.3, -0.25) is 14.9 Å². The Kier molecular flexibility index (Phi) is 6.02. The van der Waals surface area contributed by atoms with Gasteiger partial charge in [0, 0.05) is 37.3 Å². The molecule has 0 radical (unpaired) electrons. The summed E-state index contributed by atoms with van der Waals surface area (Å²) in [4.78, 5) is 28.0. The van der Waals surface area contributed by atoms with Gasteiger partial charge in [0.05, 0.1) is 22.1 Å². The standard InChI is InChI=1S/C22H19BrClN3O4/c1-31-21-17(12-14-4-2-3-5-16(14)20(21)23)22(28)26-10-8-25(9-11-26)18-7-6-15(24)13-19(18)27(29)30/h2-7,12-13H,8-11H2,1H3. The van der Waals surface area contributed by atoms with Gasteiger partial charge in [-0.1, -0.05) is 35.9 Å². The van der Waals surface area contributed by atoms with Gasteiger partial charge in [0.25, 0.3) is 11.6 Å². The summed E-state index contributed by atoms with van der Waals surface area (Å²) in [6.45, 7) is 1.83. The SMILES string of the molecule is COc1c(C(=O)N2CCN(c3ccc(Cl)cc3[N+](=O)[O-])CC2)cc2ccccc2c1Br. The Bertz CT molecular complexity index is 1180. The van der Waals surface area contributed by atoms with E-state index in [0.29, 0.717) is 48.2 Å². The van der Waals surface area contributed by atoms with Crippen molar-refractivity contribution >= 4 is 55.6 Å². The molecule has 3 aromatic carbocycles. The van der Waals surface area contributed by atoms with Crippen LogP contribution in [0.1, 0.15) is 10.4 Å². The van der Waals surface area contributed by atoms with Crippen molar-refractivity contribution < 1.29 is 14.5 Å². The number of hydrogen-bond donors (Lipinski definition) is 0. The number of rotatable bonds is 4. The van der Waals surface area contributed by atoms with Crippen LogP contribution in [0.15, 0.2) is 53.0 Å². The van der Waals surface area contributed by atoms with Crippen LogP contribution in [0.5, 0.6) is 5.75 Å². The van der Waals surface area contributed by atoms with E-state index in [1.165, 1.54) is 6.07 Å². The van der Waals surface area contributed by atoms with E-state index >= 15 is 0 Å². The first kappa shape index (κ1) is 21.4. The fourth-order valence-corrected chi connectivity index (χ4v) is 4.78. The zero-order valence-electron chi connectivity index (χ0n) is 16.7. The molecule has 31 heavy (non-hydrogen) atoms. The van der Waals surface area contributed by atoms with E-state index < -0.39 is 4.92 Å². The lowest BCUT2D eigenvalue weighted by atomic mass is 10.0. The molecule has 1 heterocycles. The van der Waals surface area contributed by atoms with E-state index in [1.807, 2.05) is 35.2 Å². The summed E-state index contributed by atoms with van der Waals surface area (Å²) in [5.74, 6) is 0.369. The van der Waals surface area contributed by atoms with Gasteiger partial charge in [-0.05, 0) is 44.9 Å². The van der Waals surface area contributed by atoms with Gasteiger partial charge in [0.15, 0.2) is 0 Å². The highest BCUT2D eigenvalue weighted by Gasteiger charge is 2.28. The van der Waals surface area contributed by atoms with Crippen molar-refractivity contribution in [3.63, 3.8) is 0 Å². The number of hydrogen-bond acceptors (Lipinski definition) is 5. The summed E-state index contributed by atoms with van der Waals surface area (Å²) < 4.78 is 6.29. The number of amides is 1. The average Bonchev–Trinajstić information content (AvgIpc) is 2.78. The van der Waals surface area contributed by atoms with Crippen molar-refractivity contribution in [2.75, 3.05) is 38.2 Å². The van der Waals surface area contributed by atoms with Crippen LogP contribution in [0.25, 0.3) is 10.8 Å². The molecule has 4 rings (SSSR count). The Hall–Kier alpha value is -2.84. The molecule has 1 amide bonds. The molecule has 3 aromatic rings. The molecule has 0 unspecified atom stereocenters. The van der Waals surface area contributed by atoms with Gasteiger partial charge in [0.2, 0.25) is 0 Å². The van der Waals surface area contributed by atoms with Crippen molar-refractivity contribution in [2.24, 2.45) is 0 Å². The predicted molar refractivity (Wildman–Crippen MR) is 124 cm³/mol. The number of carbonyl (C=O) groups is 1. The maximum absolute atomic E-state index is 13.3. The zero-order chi connectivity index (χ0) is 22.1. The van der Waals surface area contributed by atoms with Gasteiger partial charge >= 0.3 is 0 Å². The molecule has 1 saturated heterocycles. The third kappa shape index (κ3) is 4.05. The fraction of sp³-hybridized carbons (Fsp3) is 0.227. The average molecular weight is 505 g/mol. The molecule has 1 fully saturated rings. The normalized spacial score (nSPS) is 14.0. The zero-order valence-corrected chi connectivity index (χ0v) is 19.0. The van der Waals surface area contributed by atoms with Crippen LogP contribution in [0.3, 0.4) is 0 Å². The van der Waals surface area contributed by atoms with E-state index in [2.05, 4.69) is 15.9 Å². The van der Waals surface area contributed by atoms with Crippen molar-refractivity contribution in [1.29, 1.82) is 0 Å². The maximum Gasteiger partial charge on any atom is 0.294 e. The Labute approximate surface area is 192 Å². The van der Waals surface area contributed by atoms with Crippen molar-refractivity contribution in [3.05, 3.63) is 73.7 Å². The van der Waals surface area contributed by atoms with Crippen LogP contribution in [0, 0.1) is 10.1 Å². The van der Waals surface area contributed by atoms with Crippen molar-refractivity contribution in [3.8, 4) is 5.75 Å². The number of methoxy groups -OCH3 is 1. The number of benzene rings is 3. The topological polar surface area (TPSA) is 75.9 Å². The summed E-state index contributed by atoms with van der Waals surface area (Å²) in [6, 6.07) is 14.3. The van der Waals surface area contributed by atoms with Gasteiger partial charge in [0.1, 0.15) is 11.4 Å². The lowest BCUT2D eigenvalue weighted by Crippen LogP contribution is -2.49. The molecule has 0 bridgehead atoms. The van der Waals surface area contributed by atoms with Crippen LogP contribution in [-0.4, -0.2) is 49.0 Å². The molecule has 160 valence electrons. The van der Waals surface area contributed by atoms with Gasteiger partial charge in [-0.2, -0.15) is 0 Å². The minimum absolute atomic E-state index is 0.0348. The number of piperazine rings is 1. The maximum atomic E-state index is 13.3. The van der Waals surface area contributed by atoms with E-state index in [-0.39, 0.29) is 11.6 Å². The first-order valence-electron chi connectivity index (χ1n) is 9.64. The first-order chi connectivity index (χ1) is 14.9. The van der Waals surface area contributed by atoms with Crippen molar-refractivity contribution in [2.45, 2.75) is 0 Å². The van der Waals surface area contributed by atoms with Crippen LogP contribution in [0.4, 0.5) is 11.4 Å². The number of carbonyl (C=O) groups excluding carboxylic acids is 1. The number of nitro benzene ring substituents is 1. The van der Waals surface area contributed by atoms with Gasteiger partial charge < -0.3 is 14.5 Å². The van der Waals surface area contributed by atoms with E-state index in [9.17, 15) is 14.9 Å². The Morgan fingerprint density at radius 3 is 2.52 bits per heavy atom. The Morgan fingerprint density at radius 2 is 1.84 bits per heavy atom. The number of halogens is 2. The molecule has 0 saturated carbocycles. The highest BCUT2D eigenvalue weighted by Crippen LogP contribution is 2.37. The lowest BCUT2D eigenvalue weighted by molar-refractivity contribution is -0.384. The first-order valence-corrected chi connectivity index (χ1v) is 10.8. The fourth-order valence-electron chi connectivity index (χ4n) is 3.87. The molecule has 0 spiro atoms. The molecular weight excluding hydrogens is 486 g/mol. The number of nitrogens with zero attached hydrogens (tertiary/aromatic N) is 3. The molecule has 0 atom stereocenters. The molecule has 0 N–H and O–H groups in total. The summed E-state index contributed by atoms with van der Waals surface area (Å²) in [6.07, 6.45) is 0. The smallest absolute Gasteiger partial charge is 0.294 e. The number of anilines is 1. The quantitative estimate of drug-likeness (QED) is 0.363. The molecule has 1 aliphatic rings. The third-order valence-corrected chi connectivity index (χ3v) is 6.44. The summed E-state index contributed by atoms with van der Waals surface area (Å²) in [7, 11) is 1.54. The van der Waals surface area contributed by atoms with Gasteiger partial charge in [-0.25, -0.2) is 0 Å². The largest absolute Gasteiger partial charge is 0.495 e. The van der Waals surface area contributed by atoms with E-state index in [1.54, 1.807) is 24.1 Å². The van der Waals surface area contributed by atoms with Gasteiger partial charge in [-0.15, -0.1) is 0 Å². The van der Waals surface area contributed by atoms with Crippen LogP contribution < -0.4 is 9.64 Å². The lowest BCUT2D eigenvalue weighted by Gasteiger charge is -2.36. The minimum atomic E-state index is -0.434. The molecular formula is C22H19BrClN3O4. The Morgan fingerprint density at radius 1 is 1.13 bits per heavy atom. The number of fused-ring (bicyclic) bond motifs is 1. The molecule has 1 aliphatic heterocycles. The summed E-state index contributed by atoms with van der Waals surface area (Å²) in [5.41, 5.74) is 0.957. The molecule has 0 aliphatic carbocycles. The third-order valence-electron chi connectivity index (χ3n) is 5.42. The summed E-state index contributed by atoms with van der Waals surface area (Å²) in [5, 5.41) is 13.6. The monoisotopic (exact) mass is 503 g/mol. The highest BCUT2D eigenvalue weighted by molar-refractivity contribution is 9.10. The second kappa shape index (κ2) is 8.72. The number of ether oxygens (including phenoxy) is 1. The second-order valence-corrected chi connectivity index (χ2v) is 8.39. The Balaban J connectivity index is 1.58.